The second kappa shape index (κ2) is 8.23. The van der Waals surface area contributed by atoms with Gasteiger partial charge in [-0.1, -0.05) is 52.3 Å². The quantitative estimate of drug-likeness (QED) is 0.562. The van der Waals surface area contributed by atoms with Gasteiger partial charge >= 0.3 is 0 Å². The third-order valence-electron chi connectivity index (χ3n) is 6.14. The van der Waals surface area contributed by atoms with E-state index in [4.69, 9.17) is 14.2 Å². The Labute approximate surface area is 195 Å². The maximum atomic E-state index is 12.8. The van der Waals surface area contributed by atoms with Crippen LogP contribution >= 0.6 is 15.9 Å². The fraction of sp³-hybridized carbons (Fsp3) is 0.360. The predicted octanol–water partition coefficient (Wildman–Crippen LogP) is 4.64. The topological polar surface area (TPSA) is 65.1 Å². The molecule has 2 aromatic carbocycles. The van der Waals surface area contributed by atoms with E-state index in [1.54, 1.807) is 24.3 Å². The number of imide groups is 1. The van der Waals surface area contributed by atoms with Gasteiger partial charge in [0, 0.05) is 16.9 Å². The van der Waals surface area contributed by atoms with E-state index in [1.807, 2.05) is 50.3 Å². The molecule has 7 heteroatoms. The van der Waals surface area contributed by atoms with Crippen LogP contribution in [0.2, 0.25) is 0 Å². The zero-order valence-corrected chi connectivity index (χ0v) is 19.4. The van der Waals surface area contributed by atoms with Gasteiger partial charge in [0.1, 0.15) is 6.10 Å². The fourth-order valence-electron chi connectivity index (χ4n) is 4.61. The SMILES string of the molecule is CC1(C)O[C@H]2O[C@@H](/C=C/c3ccc(Br)cc3)[C@@H](CCN3C(=O)c4ccccc4C3=O)[C@H]2O1. The molecule has 0 spiro atoms. The average molecular weight is 498 g/mol. The highest BCUT2D eigenvalue weighted by Gasteiger charge is 2.54. The summed E-state index contributed by atoms with van der Waals surface area (Å²) in [6, 6.07) is 14.9. The van der Waals surface area contributed by atoms with Crippen LogP contribution < -0.4 is 0 Å². The van der Waals surface area contributed by atoms with Crippen molar-refractivity contribution in [3.63, 3.8) is 0 Å². The van der Waals surface area contributed by atoms with Gasteiger partial charge in [-0.05, 0) is 50.1 Å². The van der Waals surface area contributed by atoms with Gasteiger partial charge in [-0.2, -0.15) is 0 Å². The van der Waals surface area contributed by atoms with Crippen molar-refractivity contribution in [3.05, 3.63) is 75.8 Å². The number of hydrogen-bond donors (Lipinski definition) is 0. The van der Waals surface area contributed by atoms with Crippen LogP contribution in [0.4, 0.5) is 0 Å². The van der Waals surface area contributed by atoms with E-state index in [-0.39, 0.29) is 29.9 Å². The molecule has 0 N–H and O–H groups in total. The molecule has 166 valence electrons. The molecule has 2 fully saturated rings. The van der Waals surface area contributed by atoms with Crippen molar-refractivity contribution in [1.82, 2.24) is 4.90 Å². The summed E-state index contributed by atoms with van der Waals surface area (Å²) in [5.74, 6) is -1.28. The first-order valence-corrected chi connectivity index (χ1v) is 11.5. The molecule has 3 heterocycles. The van der Waals surface area contributed by atoms with E-state index < -0.39 is 12.1 Å². The van der Waals surface area contributed by atoms with Crippen LogP contribution in [0.3, 0.4) is 0 Å². The Morgan fingerprint density at radius 3 is 2.31 bits per heavy atom. The Bertz CT molecular complexity index is 1040. The number of hydrogen-bond acceptors (Lipinski definition) is 5. The van der Waals surface area contributed by atoms with Gasteiger partial charge in [0.05, 0.1) is 17.2 Å². The van der Waals surface area contributed by atoms with Crippen molar-refractivity contribution in [2.45, 2.75) is 44.6 Å². The molecule has 2 amide bonds. The molecule has 3 aliphatic rings. The van der Waals surface area contributed by atoms with E-state index in [9.17, 15) is 9.59 Å². The number of nitrogens with zero attached hydrogens (tertiary/aromatic N) is 1. The molecule has 0 radical (unpaired) electrons. The first-order chi connectivity index (χ1) is 15.3. The number of amides is 2. The monoisotopic (exact) mass is 497 g/mol. The Kier molecular flexibility index (Phi) is 5.53. The van der Waals surface area contributed by atoms with E-state index in [0.29, 0.717) is 24.1 Å². The van der Waals surface area contributed by atoms with Crippen LogP contribution in [-0.2, 0) is 14.2 Å². The number of fused-ring (bicyclic) bond motifs is 2. The first-order valence-electron chi connectivity index (χ1n) is 10.7. The molecular weight excluding hydrogens is 474 g/mol. The summed E-state index contributed by atoms with van der Waals surface area (Å²) in [6.07, 6.45) is 3.59. The molecule has 0 aliphatic carbocycles. The van der Waals surface area contributed by atoms with Crippen molar-refractivity contribution in [1.29, 1.82) is 0 Å². The minimum absolute atomic E-state index is 0.0576. The van der Waals surface area contributed by atoms with Gasteiger partial charge in [0.25, 0.3) is 11.8 Å². The summed E-state index contributed by atoms with van der Waals surface area (Å²) in [4.78, 5) is 26.9. The molecule has 0 saturated carbocycles. The zero-order valence-electron chi connectivity index (χ0n) is 17.9. The van der Waals surface area contributed by atoms with Crippen LogP contribution in [0.25, 0.3) is 6.08 Å². The number of benzene rings is 2. The van der Waals surface area contributed by atoms with Gasteiger partial charge in [0.15, 0.2) is 12.1 Å². The van der Waals surface area contributed by atoms with E-state index >= 15 is 0 Å². The maximum Gasteiger partial charge on any atom is 0.261 e. The average Bonchev–Trinajstić information content (AvgIpc) is 3.32. The van der Waals surface area contributed by atoms with Gasteiger partial charge in [-0.3, -0.25) is 14.5 Å². The first kappa shape index (κ1) is 21.5. The molecule has 5 rings (SSSR count). The Hall–Kier alpha value is -2.32. The minimum Gasteiger partial charge on any atom is -0.342 e. The number of rotatable bonds is 5. The molecule has 2 saturated heterocycles. The van der Waals surface area contributed by atoms with Crippen LogP contribution in [0, 0.1) is 5.92 Å². The lowest BCUT2D eigenvalue weighted by atomic mass is 9.93. The van der Waals surface area contributed by atoms with E-state index in [2.05, 4.69) is 15.9 Å². The van der Waals surface area contributed by atoms with Gasteiger partial charge in [0.2, 0.25) is 0 Å². The fourth-order valence-corrected chi connectivity index (χ4v) is 4.88. The summed E-state index contributed by atoms with van der Waals surface area (Å²) in [6.45, 7) is 4.03. The normalized spacial score (nSPS) is 28.5. The van der Waals surface area contributed by atoms with Gasteiger partial charge in [-0.25, -0.2) is 0 Å². The second-order valence-electron chi connectivity index (χ2n) is 8.74. The molecule has 0 bridgehead atoms. The summed E-state index contributed by atoms with van der Waals surface area (Å²) < 4.78 is 19.3. The third kappa shape index (κ3) is 3.94. The standard InChI is InChI=1S/C25H24BrNO5/c1-25(2)31-21-19(13-14-27-22(28)17-5-3-4-6-18(17)23(27)29)20(30-24(21)32-25)12-9-15-7-10-16(26)11-8-15/h3-12,19-21,24H,13-14H2,1-2H3/b12-9+/t19-,20+,21-,24-/m1/s1. The smallest absolute Gasteiger partial charge is 0.261 e. The maximum absolute atomic E-state index is 12.8. The van der Waals surface area contributed by atoms with Crippen molar-refractivity contribution < 1.29 is 23.8 Å². The van der Waals surface area contributed by atoms with Crippen molar-refractivity contribution in [2.75, 3.05) is 6.54 Å². The molecule has 6 nitrogen and oxygen atoms in total. The highest BCUT2D eigenvalue weighted by atomic mass is 79.9. The molecule has 3 aliphatic heterocycles. The van der Waals surface area contributed by atoms with Crippen LogP contribution in [0.5, 0.6) is 0 Å². The lowest BCUT2D eigenvalue weighted by Crippen LogP contribution is -2.36. The van der Waals surface area contributed by atoms with Crippen LogP contribution in [0.1, 0.15) is 46.5 Å². The summed E-state index contributed by atoms with van der Waals surface area (Å²) in [7, 11) is 0. The highest BCUT2D eigenvalue weighted by Crippen LogP contribution is 2.43. The van der Waals surface area contributed by atoms with Crippen LogP contribution in [-0.4, -0.2) is 47.5 Å². The lowest BCUT2D eigenvalue weighted by molar-refractivity contribution is -0.205. The largest absolute Gasteiger partial charge is 0.342 e. The van der Waals surface area contributed by atoms with Gasteiger partial charge in [-0.15, -0.1) is 0 Å². The Balaban J connectivity index is 1.33. The Morgan fingerprint density at radius 2 is 1.66 bits per heavy atom. The summed E-state index contributed by atoms with van der Waals surface area (Å²) in [5.41, 5.74) is 1.98. The molecule has 4 atom stereocenters. The highest BCUT2D eigenvalue weighted by molar-refractivity contribution is 9.10. The van der Waals surface area contributed by atoms with Crippen molar-refractivity contribution >= 4 is 33.8 Å². The van der Waals surface area contributed by atoms with Gasteiger partial charge < -0.3 is 14.2 Å². The second-order valence-corrected chi connectivity index (χ2v) is 9.66. The third-order valence-corrected chi connectivity index (χ3v) is 6.66. The predicted molar refractivity (Wildman–Crippen MR) is 122 cm³/mol. The number of ether oxygens (including phenoxy) is 3. The minimum atomic E-state index is -0.733. The van der Waals surface area contributed by atoms with E-state index in [0.717, 1.165) is 10.0 Å². The molecule has 0 aromatic heterocycles. The number of carbonyl (C=O) groups is 2. The number of carbonyl (C=O) groups excluding carboxylic acids is 2. The summed E-state index contributed by atoms with van der Waals surface area (Å²) >= 11 is 3.45. The number of halogens is 1. The van der Waals surface area contributed by atoms with Crippen LogP contribution in [0.15, 0.2) is 59.1 Å². The molecule has 32 heavy (non-hydrogen) atoms. The molecule has 2 aromatic rings. The molecule has 0 unspecified atom stereocenters. The summed E-state index contributed by atoms with van der Waals surface area (Å²) in [5, 5.41) is 0. The Morgan fingerprint density at radius 1 is 1.00 bits per heavy atom. The van der Waals surface area contributed by atoms with E-state index in [1.165, 1.54) is 4.90 Å². The van der Waals surface area contributed by atoms with Crippen molar-refractivity contribution in [3.8, 4) is 0 Å². The molecular formula is C25H24BrNO5. The van der Waals surface area contributed by atoms with Crippen molar-refractivity contribution in [2.24, 2.45) is 5.92 Å². The zero-order chi connectivity index (χ0) is 22.5. The lowest BCUT2D eigenvalue weighted by Gasteiger charge is -2.25.